The van der Waals surface area contributed by atoms with Crippen LogP contribution in [-0.2, 0) is 11.2 Å². The number of hydrogen-bond donors (Lipinski definition) is 2. The normalized spacial score (nSPS) is 16.9. The summed E-state index contributed by atoms with van der Waals surface area (Å²) in [5.41, 5.74) is 6.79. The van der Waals surface area contributed by atoms with E-state index in [9.17, 15) is 0 Å². The van der Waals surface area contributed by atoms with Crippen molar-refractivity contribution in [2.75, 3.05) is 6.61 Å². The standard InChI is InChI=1S/C15H22N2O/c1-11-6-7-12(2)13(9-11)10-14(17-16)15-5-3-4-8-18-15/h5-7,9,14,17H,3-4,8,10,16H2,1-2H3. The molecule has 0 amide bonds. The van der Waals surface area contributed by atoms with Crippen LogP contribution in [0.1, 0.15) is 29.5 Å². The molecule has 1 aromatic carbocycles. The molecular formula is C15H22N2O. The van der Waals surface area contributed by atoms with Gasteiger partial charge in [0.2, 0.25) is 0 Å². The summed E-state index contributed by atoms with van der Waals surface area (Å²) in [6, 6.07) is 6.60. The van der Waals surface area contributed by atoms with E-state index in [0.717, 1.165) is 31.6 Å². The first-order valence-electron chi connectivity index (χ1n) is 6.56. The Balaban J connectivity index is 2.14. The number of allylic oxidation sites excluding steroid dienone is 1. The van der Waals surface area contributed by atoms with Gasteiger partial charge in [-0.05, 0) is 50.3 Å². The van der Waals surface area contributed by atoms with Crippen LogP contribution >= 0.6 is 0 Å². The molecule has 0 radical (unpaired) electrons. The van der Waals surface area contributed by atoms with E-state index in [0.29, 0.717) is 0 Å². The summed E-state index contributed by atoms with van der Waals surface area (Å²) in [4.78, 5) is 0. The summed E-state index contributed by atoms with van der Waals surface area (Å²) in [6.45, 7) is 5.06. The lowest BCUT2D eigenvalue weighted by Gasteiger charge is -2.24. The minimum absolute atomic E-state index is 0.0748. The van der Waals surface area contributed by atoms with Gasteiger partial charge in [0.25, 0.3) is 0 Å². The Morgan fingerprint density at radius 2 is 2.22 bits per heavy atom. The van der Waals surface area contributed by atoms with Gasteiger partial charge in [-0.1, -0.05) is 23.8 Å². The van der Waals surface area contributed by atoms with Gasteiger partial charge in [0, 0.05) is 0 Å². The number of rotatable bonds is 4. The van der Waals surface area contributed by atoms with Crippen molar-refractivity contribution in [1.82, 2.24) is 5.43 Å². The summed E-state index contributed by atoms with van der Waals surface area (Å²) < 4.78 is 5.69. The zero-order valence-electron chi connectivity index (χ0n) is 11.2. The summed E-state index contributed by atoms with van der Waals surface area (Å²) in [5, 5.41) is 0. The second-order valence-electron chi connectivity index (χ2n) is 4.95. The monoisotopic (exact) mass is 246 g/mol. The summed E-state index contributed by atoms with van der Waals surface area (Å²) >= 11 is 0. The number of hydrogen-bond acceptors (Lipinski definition) is 3. The van der Waals surface area contributed by atoms with Gasteiger partial charge in [-0.3, -0.25) is 5.84 Å². The highest BCUT2D eigenvalue weighted by Crippen LogP contribution is 2.19. The second kappa shape index (κ2) is 6.03. The van der Waals surface area contributed by atoms with Crippen LogP contribution in [0.3, 0.4) is 0 Å². The predicted octanol–water partition coefficient (Wildman–Crippen LogP) is 2.37. The lowest BCUT2D eigenvalue weighted by atomic mass is 9.97. The van der Waals surface area contributed by atoms with Gasteiger partial charge in [0.15, 0.2) is 0 Å². The fraction of sp³-hybridized carbons (Fsp3) is 0.467. The van der Waals surface area contributed by atoms with Crippen LogP contribution in [0.5, 0.6) is 0 Å². The Morgan fingerprint density at radius 3 is 2.89 bits per heavy atom. The highest BCUT2D eigenvalue weighted by Gasteiger charge is 2.17. The molecule has 98 valence electrons. The van der Waals surface area contributed by atoms with E-state index in [1.807, 2.05) is 0 Å². The van der Waals surface area contributed by atoms with E-state index >= 15 is 0 Å². The molecule has 1 aliphatic heterocycles. The van der Waals surface area contributed by atoms with Crippen LogP contribution in [0.15, 0.2) is 30.0 Å². The van der Waals surface area contributed by atoms with E-state index in [1.165, 1.54) is 16.7 Å². The first-order valence-corrected chi connectivity index (χ1v) is 6.56. The maximum absolute atomic E-state index is 5.69. The van der Waals surface area contributed by atoms with Crippen LogP contribution in [0.2, 0.25) is 0 Å². The van der Waals surface area contributed by atoms with Crippen molar-refractivity contribution >= 4 is 0 Å². The minimum Gasteiger partial charge on any atom is -0.497 e. The third kappa shape index (κ3) is 3.12. The van der Waals surface area contributed by atoms with Crippen LogP contribution in [0, 0.1) is 13.8 Å². The van der Waals surface area contributed by atoms with Gasteiger partial charge in [0.1, 0.15) is 5.76 Å². The number of benzene rings is 1. The lowest BCUT2D eigenvalue weighted by Crippen LogP contribution is -2.39. The number of aryl methyl sites for hydroxylation is 2. The van der Waals surface area contributed by atoms with Crippen LogP contribution in [-0.4, -0.2) is 12.6 Å². The maximum Gasteiger partial charge on any atom is 0.111 e. The second-order valence-corrected chi connectivity index (χ2v) is 4.95. The molecule has 3 nitrogen and oxygen atoms in total. The Bertz CT molecular complexity index is 440. The molecule has 0 saturated heterocycles. The van der Waals surface area contributed by atoms with Crippen molar-refractivity contribution < 1.29 is 4.74 Å². The van der Waals surface area contributed by atoms with E-state index in [1.54, 1.807) is 0 Å². The summed E-state index contributed by atoms with van der Waals surface area (Å²) in [6.07, 6.45) is 5.21. The molecule has 3 N–H and O–H groups in total. The molecular weight excluding hydrogens is 224 g/mol. The molecule has 0 fully saturated rings. The lowest BCUT2D eigenvalue weighted by molar-refractivity contribution is 0.167. The maximum atomic E-state index is 5.69. The van der Waals surface area contributed by atoms with Gasteiger partial charge >= 0.3 is 0 Å². The molecule has 1 aromatic rings. The number of hydrazine groups is 1. The molecule has 1 aliphatic rings. The Hall–Kier alpha value is -1.32. The topological polar surface area (TPSA) is 47.3 Å². The summed E-state index contributed by atoms with van der Waals surface area (Å²) in [5.74, 6) is 6.66. The molecule has 0 bridgehead atoms. The van der Waals surface area contributed by atoms with Crippen molar-refractivity contribution in [1.29, 1.82) is 0 Å². The zero-order chi connectivity index (χ0) is 13.0. The van der Waals surface area contributed by atoms with E-state index in [4.69, 9.17) is 10.6 Å². The first-order chi connectivity index (χ1) is 8.70. The Kier molecular flexibility index (Phi) is 4.39. The van der Waals surface area contributed by atoms with E-state index in [-0.39, 0.29) is 6.04 Å². The Morgan fingerprint density at radius 1 is 1.39 bits per heavy atom. The zero-order valence-corrected chi connectivity index (χ0v) is 11.2. The van der Waals surface area contributed by atoms with Gasteiger partial charge in [0.05, 0.1) is 12.6 Å². The molecule has 1 unspecified atom stereocenters. The fourth-order valence-electron chi connectivity index (χ4n) is 2.30. The van der Waals surface area contributed by atoms with Crippen molar-refractivity contribution in [3.05, 3.63) is 46.7 Å². The van der Waals surface area contributed by atoms with Crippen LogP contribution in [0.25, 0.3) is 0 Å². The Labute approximate surface area is 109 Å². The van der Waals surface area contributed by atoms with Gasteiger partial charge in [-0.2, -0.15) is 0 Å². The highest BCUT2D eigenvalue weighted by atomic mass is 16.5. The van der Waals surface area contributed by atoms with Gasteiger partial charge < -0.3 is 4.74 Å². The van der Waals surface area contributed by atoms with Crippen molar-refractivity contribution in [3.8, 4) is 0 Å². The first kappa shape index (κ1) is 13.1. The highest BCUT2D eigenvalue weighted by molar-refractivity contribution is 5.32. The fourth-order valence-corrected chi connectivity index (χ4v) is 2.30. The average molecular weight is 246 g/mol. The van der Waals surface area contributed by atoms with Gasteiger partial charge in [-0.15, -0.1) is 0 Å². The third-order valence-electron chi connectivity index (χ3n) is 3.44. The molecule has 18 heavy (non-hydrogen) atoms. The number of ether oxygens (including phenoxy) is 1. The quantitative estimate of drug-likeness (QED) is 0.633. The van der Waals surface area contributed by atoms with Crippen molar-refractivity contribution in [2.24, 2.45) is 5.84 Å². The minimum atomic E-state index is 0.0748. The van der Waals surface area contributed by atoms with Crippen LogP contribution in [0.4, 0.5) is 0 Å². The molecule has 3 heteroatoms. The summed E-state index contributed by atoms with van der Waals surface area (Å²) in [7, 11) is 0. The third-order valence-corrected chi connectivity index (χ3v) is 3.44. The molecule has 1 heterocycles. The van der Waals surface area contributed by atoms with Gasteiger partial charge in [-0.25, -0.2) is 5.43 Å². The SMILES string of the molecule is Cc1ccc(C)c(CC(NN)C2=CCCCO2)c1. The molecule has 0 spiro atoms. The smallest absolute Gasteiger partial charge is 0.111 e. The molecule has 0 saturated carbocycles. The molecule has 1 atom stereocenters. The van der Waals surface area contributed by atoms with Crippen LogP contribution < -0.4 is 11.3 Å². The molecule has 2 rings (SSSR count). The van der Waals surface area contributed by atoms with E-state index < -0.39 is 0 Å². The number of nitrogens with one attached hydrogen (secondary N) is 1. The number of nitrogens with two attached hydrogens (primary N) is 1. The largest absolute Gasteiger partial charge is 0.497 e. The van der Waals surface area contributed by atoms with E-state index in [2.05, 4.69) is 43.5 Å². The molecule has 0 aliphatic carbocycles. The molecule has 0 aromatic heterocycles. The predicted molar refractivity (Wildman–Crippen MR) is 74.0 cm³/mol. The van der Waals surface area contributed by atoms with Crippen molar-refractivity contribution in [2.45, 2.75) is 39.2 Å². The van der Waals surface area contributed by atoms with Crippen molar-refractivity contribution in [3.63, 3.8) is 0 Å². The average Bonchev–Trinajstić information content (AvgIpc) is 2.41.